The number of amides is 3. The van der Waals surface area contributed by atoms with Crippen LogP contribution in [0.3, 0.4) is 0 Å². The summed E-state index contributed by atoms with van der Waals surface area (Å²) in [6.07, 6.45) is 0. The van der Waals surface area contributed by atoms with E-state index in [1.165, 1.54) is 31.4 Å². The molecule has 0 aliphatic carbocycles. The number of ether oxygens (including phenoxy) is 4. The number of anilines is 1. The number of hydrogen-bond acceptors (Lipinski definition) is 7. The van der Waals surface area contributed by atoms with E-state index < -0.39 is 17.9 Å². The van der Waals surface area contributed by atoms with Crippen LogP contribution in [0.5, 0.6) is 17.2 Å². The molecule has 9 nitrogen and oxygen atoms in total. The lowest BCUT2D eigenvalue weighted by molar-refractivity contribution is -0.121. The Kier molecular flexibility index (Phi) is 8.49. The van der Waals surface area contributed by atoms with Crippen molar-refractivity contribution in [3.63, 3.8) is 0 Å². The van der Waals surface area contributed by atoms with E-state index in [1.54, 1.807) is 18.2 Å². The summed E-state index contributed by atoms with van der Waals surface area (Å²) in [6.45, 7) is 4.23. The number of hydrogen-bond donors (Lipinski definition) is 2. The number of nitrogens with one attached hydrogen (secondary N) is 2. The van der Waals surface area contributed by atoms with Crippen LogP contribution in [0.1, 0.15) is 24.2 Å². The number of carbonyl (C=O) groups is 3. The lowest BCUT2D eigenvalue weighted by Crippen LogP contribution is -2.37. The van der Waals surface area contributed by atoms with E-state index in [4.69, 9.17) is 14.2 Å². The Labute approximate surface area is 174 Å². The minimum absolute atomic E-state index is 0.357. The Morgan fingerprint density at radius 1 is 0.867 bits per heavy atom. The number of imide groups is 1. The molecule has 0 saturated heterocycles. The van der Waals surface area contributed by atoms with E-state index in [1.807, 2.05) is 13.8 Å². The highest BCUT2D eigenvalue weighted by molar-refractivity contribution is 6.01. The van der Waals surface area contributed by atoms with Gasteiger partial charge in [-0.2, -0.15) is 0 Å². The van der Waals surface area contributed by atoms with Gasteiger partial charge in [-0.3, -0.25) is 10.1 Å². The molecule has 2 aromatic rings. The molecule has 0 unspecified atom stereocenters. The summed E-state index contributed by atoms with van der Waals surface area (Å²) in [5.41, 5.74) is 0.793. The van der Waals surface area contributed by atoms with E-state index in [9.17, 15) is 14.4 Å². The summed E-state index contributed by atoms with van der Waals surface area (Å²) in [4.78, 5) is 35.4. The fourth-order valence-electron chi connectivity index (χ4n) is 2.41. The molecule has 0 bridgehead atoms. The smallest absolute Gasteiger partial charge is 0.337 e. The normalized spacial score (nSPS) is 9.97. The Hall–Kier alpha value is -3.75. The third-order valence-corrected chi connectivity index (χ3v) is 3.70. The van der Waals surface area contributed by atoms with Crippen molar-refractivity contribution < 1.29 is 33.3 Å². The van der Waals surface area contributed by atoms with E-state index in [0.29, 0.717) is 41.7 Å². The quantitative estimate of drug-likeness (QED) is 0.604. The second-order valence-electron chi connectivity index (χ2n) is 5.83. The highest BCUT2D eigenvalue weighted by atomic mass is 16.5. The molecular formula is C21H24N2O7. The van der Waals surface area contributed by atoms with Gasteiger partial charge in [0.2, 0.25) is 0 Å². The molecule has 0 heterocycles. The molecule has 0 spiro atoms. The van der Waals surface area contributed by atoms with Gasteiger partial charge in [0.25, 0.3) is 5.91 Å². The summed E-state index contributed by atoms with van der Waals surface area (Å²) in [5.74, 6) is 0.305. The van der Waals surface area contributed by atoms with Crippen molar-refractivity contribution >= 4 is 23.6 Å². The van der Waals surface area contributed by atoms with Gasteiger partial charge in [-0.1, -0.05) is 0 Å². The molecule has 0 aromatic heterocycles. The van der Waals surface area contributed by atoms with Crippen molar-refractivity contribution in [2.24, 2.45) is 0 Å². The molecular weight excluding hydrogens is 392 g/mol. The largest absolute Gasteiger partial charge is 0.490 e. The second kappa shape index (κ2) is 11.3. The number of carbonyl (C=O) groups excluding carboxylic acids is 3. The average Bonchev–Trinajstić information content (AvgIpc) is 2.74. The van der Waals surface area contributed by atoms with Crippen LogP contribution in [0.15, 0.2) is 42.5 Å². The highest BCUT2D eigenvalue weighted by Gasteiger charge is 2.12. The molecule has 2 rings (SSSR count). The monoisotopic (exact) mass is 416 g/mol. The minimum Gasteiger partial charge on any atom is -0.490 e. The molecule has 3 amide bonds. The summed E-state index contributed by atoms with van der Waals surface area (Å²) in [5, 5.41) is 4.72. The third kappa shape index (κ3) is 6.69. The van der Waals surface area contributed by atoms with Gasteiger partial charge in [-0.15, -0.1) is 0 Å². The summed E-state index contributed by atoms with van der Waals surface area (Å²) in [6, 6.07) is 10.3. The molecule has 0 atom stereocenters. The zero-order valence-electron chi connectivity index (χ0n) is 17.0. The van der Waals surface area contributed by atoms with Crippen LogP contribution in [0, 0.1) is 0 Å². The highest BCUT2D eigenvalue weighted by Crippen LogP contribution is 2.30. The predicted molar refractivity (Wildman–Crippen MR) is 109 cm³/mol. The zero-order valence-corrected chi connectivity index (χ0v) is 17.0. The molecule has 30 heavy (non-hydrogen) atoms. The second-order valence-corrected chi connectivity index (χ2v) is 5.83. The standard InChI is InChI=1S/C21H24N2O7/c1-4-28-17-11-8-15(12-18(17)29-5-2)22-21(26)23-19(24)13-30-16-9-6-14(7-10-16)20(25)27-3/h6-12H,4-5,13H2,1-3H3,(H2,22,23,24,26). The first-order chi connectivity index (χ1) is 14.5. The molecule has 0 aliphatic heterocycles. The Morgan fingerprint density at radius 3 is 2.17 bits per heavy atom. The number of esters is 1. The lowest BCUT2D eigenvalue weighted by Gasteiger charge is -2.13. The topological polar surface area (TPSA) is 112 Å². The van der Waals surface area contributed by atoms with Gasteiger partial charge in [-0.05, 0) is 50.2 Å². The van der Waals surface area contributed by atoms with Crippen molar-refractivity contribution in [2.45, 2.75) is 13.8 Å². The maximum atomic E-state index is 12.0. The van der Waals surface area contributed by atoms with Gasteiger partial charge in [0, 0.05) is 11.8 Å². The lowest BCUT2D eigenvalue weighted by atomic mass is 10.2. The molecule has 9 heteroatoms. The van der Waals surface area contributed by atoms with Crippen LogP contribution >= 0.6 is 0 Å². The van der Waals surface area contributed by atoms with E-state index >= 15 is 0 Å². The van der Waals surface area contributed by atoms with Crippen molar-refractivity contribution in [2.75, 3.05) is 32.2 Å². The van der Waals surface area contributed by atoms with Gasteiger partial charge < -0.3 is 24.3 Å². The zero-order chi connectivity index (χ0) is 21.9. The fraction of sp³-hybridized carbons (Fsp3) is 0.286. The van der Waals surface area contributed by atoms with E-state index in [2.05, 4.69) is 15.4 Å². The van der Waals surface area contributed by atoms with Crippen LogP contribution < -0.4 is 24.8 Å². The van der Waals surface area contributed by atoms with Crippen LogP contribution in [-0.4, -0.2) is 44.8 Å². The summed E-state index contributed by atoms with van der Waals surface area (Å²) >= 11 is 0. The number of urea groups is 1. The molecule has 0 radical (unpaired) electrons. The molecule has 2 N–H and O–H groups in total. The van der Waals surface area contributed by atoms with Gasteiger partial charge in [0.05, 0.1) is 25.9 Å². The third-order valence-electron chi connectivity index (χ3n) is 3.70. The van der Waals surface area contributed by atoms with Crippen molar-refractivity contribution in [3.8, 4) is 17.2 Å². The SMILES string of the molecule is CCOc1ccc(NC(=O)NC(=O)COc2ccc(C(=O)OC)cc2)cc1OCC. The summed E-state index contributed by atoms with van der Waals surface area (Å²) in [7, 11) is 1.28. The molecule has 2 aromatic carbocycles. The molecule has 0 aliphatic rings. The molecule has 0 fully saturated rings. The first kappa shape index (κ1) is 22.5. The predicted octanol–water partition coefficient (Wildman–Crippen LogP) is 3.00. The number of benzene rings is 2. The van der Waals surface area contributed by atoms with Crippen molar-refractivity contribution in [1.29, 1.82) is 0 Å². The van der Waals surface area contributed by atoms with Gasteiger partial charge >= 0.3 is 12.0 Å². The van der Waals surface area contributed by atoms with Crippen LogP contribution in [0.4, 0.5) is 10.5 Å². The molecule has 0 saturated carbocycles. The summed E-state index contributed by atoms with van der Waals surface area (Å²) < 4.78 is 20.9. The first-order valence-electron chi connectivity index (χ1n) is 9.28. The van der Waals surface area contributed by atoms with Crippen LogP contribution in [0.25, 0.3) is 0 Å². The Balaban J connectivity index is 1.86. The van der Waals surface area contributed by atoms with Gasteiger partial charge in [0.1, 0.15) is 5.75 Å². The van der Waals surface area contributed by atoms with Crippen molar-refractivity contribution in [3.05, 3.63) is 48.0 Å². The first-order valence-corrected chi connectivity index (χ1v) is 9.28. The van der Waals surface area contributed by atoms with Crippen LogP contribution in [0.2, 0.25) is 0 Å². The van der Waals surface area contributed by atoms with Crippen molar-refractivity contribution in [1.82, 2.24) is 5.32 Å². The Morgan fingerprint density at radius 2 is 1.53 bits per heavy atom. The van der Waals surface area contributed by atoms with Gasteiger partial charge in [0.15, 0.2) is 18.1 Å². The minimum atomic E-state index is -0.712. The fourth-order valence-corrected chi connectivity index (χ4v) is 2.41. The van der Waals surface area contributed by atoms with E-state index in [0.717, 1.165) is 0 Å². The maximum Gasteiger partial charge on any atom is 0.337 e. The number of rotatable bonds is 9. The number of methoxy groups -OCH3 is 1. The van der Waals surface area contributed by atoms with Crippen LogP contribution in [-0.2, 0) is 9.53 Å². The van der Waals surface area contributed by atoms with E-state index in [-0.39, 0.29) is 6.61 Å². The van der Waals surface area contributed by atoms with Gasteiger partial charge in [-0.25, -0.2) is 9.59 Å². The Bertz CT molecular complexity index is 881. The average molecular weight is 416 g/mol. The maximum absolute atomic E-state index is 12.0. The molecule has 160 valence electrons.